The van der Waals surface area contributed by atoms with Gasteiger partial charge in [0.1, 0.15) is 0 Å². The van der Waals surface area contributed by atoms with Crippen LogP contribution >= 0.6 is 0 Å². The summed E-state index contributed by atoms with van der Waals surface area (Å²) in [5.41, 5.74) is 0.339. The average Bonchev–Trinajstić information content (AvgIpc) is 2.12. The highest BCUT2D eigenvalue weighted by Crippen LogP contribution is 2.40. The number of hydrogen-bond acceptors (Lipinski definition) is 3. The van der Waals surface area contributed by atoms with E-state index in [-0.39, 0.29) is 0 Å². The summed E-state index contributed by atoms with van der Waals surface area (Å²) in [6, 6.07) is 1.07. The Kier molecular flexibility index (Phi) is 4.77. The van der Waals surface area contributed by atoms with Crippen LogP contribution in [0.25, 0.3) is 0 Å². The van der Waals surface area contributed by atoms with Crippen LogP contribution in [0.5, 0.6) is 0 Å². The molecule has 4 heteroatoms. The minimum absolute atomic E-state index is 0.339. The van der Waals surface area contributed by atoms with E-state index in [0.717, 1.165) is 38.9 Å². The summed E-state index contributed by atoms with van der Waals surface area (Å²) in [4.78, 5) is 0. The molecule has 0 unspecified atom stereocenters. The van der Waals surface area contributed by atoms with Crippen molar-refractivity contribution in [1.29, 1.82) is 0 Å². The second kappa shape index (κ2) is 5.43. The summed E-state index contributed by atoms with van der Waals surface area (Å²) in [7, 11) is -1.96. The van der Waals surface area contributed by atoms with Crippen molar-refractivity contribution in [3.8, 4) is 0 Å². The topological polar surface area (TPSA) is 27.7 Å². The fraction of sp³-hybridized carbons (Fsp3) is 1.00. The minimum Gasteiger partial charge on any atom is -0.395 e. The average molecular weight is 232 g/mol. The van der Waals surface area contributed by atoms with Crippen molar-refractivity contribution >= 4 is 8.56 Å². The Morgan fingerprint density at radius 3 is 1.93 bits per heavy atom. The van der Waals surface area contributed by atoms with E-state index in [1.807, 2.05) is 13.8 Å². The lowest BCUT2D eigenvalue weighted by Gasteiger charge is -2.44. The van der Waals surface area contributed by atoms with Gasteiger partial charge < -0.3 is 13.6 Å². The van der Waals surface area contributed by atoms with Crippen LogP contribution in [0.2, 0.25) is 12.6 Å². The third-order valence-corrected chi connectivity index (χ3v) is 6.35. The first-order valence-electron chi connectivity index (χ1n) is 5.95. The third-order valence-electron chi connectivity index (χ3n) is 3.16. The van der Waals surface area contributed by atoms with E-state index in [1.54, 1.807) is 0 Å². The van der Waals surface area contributed by atoms with Gasteiger partial charge in [0.25, 0.3) is 0 Å². The van der Waals surface area contributed by atoms with E-state index >= 15 is 0 Å². The van der Waals surface area contributed by atoms with Crippen molar-refractivity contribution < 1.29 is 13.6 Å². The molecule has 1 heterocycles. The maximum absolute atomic E-state index is 5.86. The maximum atomic E-state index is 5.86. The summed E-state index contributed by atoms with van der Waals surface area (Å²) in [6.07, 6.45) is 1.16. The molecule has 0 aromatic carbocycles. The molecule has 15 heavy (non-hydrogen) atoms. The second-order valence-corrected chi connectivity index (χ2v) is 7.72. The predicted octanol–water partition coefficient (Wildman–Crippen LogP) is 2.56. The molecule has 0 aliphatic carbocycles. The standard InChI is InChI=1S/C11H24O3Si/c1-5-11(8-12-9-11)10-15(4,13-6-2)14-7-3/h5-10H2,1-4H3. The third kappa shape index (κ3) is 3.28. The van der Waals surface area contributed by atoms with E-state index < -0.39 is 8.56 Å². The number of ether oxygens (including phenoxy) is 1. The Morgan fingerprint density at radius 1 is 1.13 bits per heavy atom. The zero-order valence-corrected chi connectivity index (χ0v) is 11.5. The van der Waals surface area contributed by atoms with E-state index in [1.165, 1.54) is 0 Å². The van der Waals surface area contributed by atoms with Gasteiger partial charge in [0.15, 0.2) is 0 Å². The van der Waals surface area contributed by atoms with Crippen molar-refractivity contribution in [2.45, 2.75) is 39.8 Å². The molecule has 0 saturated carbocycles. The van der Waals surface area contributed by atoms with Crippen molar-refractivity contribution in [3.63, 3.8) is 0 Å². The lowest BCUT2D eigenvalue weighted by Crippen LogP contribution is -2.51. The molecule has 0 radical (unpaired) electrons. The smallest absolute Gasteiger partial charge is 0.335 e. The van der Waals surface area contributed by atoms with Gasteiger partial charge in [0, 0.05) is 24.7 Å². The van der Waals surface area contributed by atoms with Crippen LogP contribution in [0.3, 0.4) is 0 Å². The molecule has 90 valence electrons. The van der Waals surface area contributed by atoms with Gasteiger partial charge in [-0.2, -0.15) is 0 Å². The van der Waals surface area contributed by atoms with E-state index in [4.69, 9.17) is 13.6 Å². The molecular formula is C11H24O3Si. The highest BCUT2D eigenvalue weighted by atomic mass is 28.4. The van der Waals surface area contributed by atoms with Crippen LogP contribution in [0.1, 0.15) is 27.2 Å². The number of hydrogen-bond donors (Lipinski definition) is 0. The lowest BCUT2D eigenvalue weighted by atomic mass is 9.85. The van der Waals surface area contributed by atoms with Crippen LogP contribution in [-0.2, 0) is 13.6 Å². The van der Waals surface area contributed by atoms with Gasteiger partial charge in [0.05, 0.1) is 13.2 Å². The molecule has 0 aromatic heterocycles. The first kappa shape index (κ1) is 13.2. The van der Waals surface area contributed by atoms with Crippen LogP contribution < -0.4 is 0 Å². The van der Waals surface area contributed by atoms with Gasteiger partial charge in [-0.05, 0) is 26.8 Å². The molecule has 0 spiro atoms. The van der Waals surface area contributed by atoms with Crippen LogP contribution in [0.15, 0.2) is 0 Å². The summed E-state index contributed by atoms with van der Waals surface area (Å²) in [6.45, 7) is 11.8. The Balaban J connectivity index is 2.56. The van der Waals surface area contributed by atoms with E-state index in [0.29, 0.717) is 5.41 Å². The van der Waals surface area contributed by atoms with Crippen LogP contribution in [0, 0.1) is 5.41 Å². The molecular weight excluding hydrogens is 208 g/mol. The molecule has 3 nitrogen and oxygen atoms in total. The lowest BCUT2D eigenvalue weighted by molar-refractivity contribution is -0.107. The monoisotopic (exact) mass is 232 g/mol. The van der Waals surface area contributed by atoms with Crippen molar-refractivity contribution in [1.82, 2.24) is 0 Å². The fourth-order valence-electron chi connectivity index (χ4n) is 2.26. The Hall–Kier alpha value is 0.0969. The zero-order chi connectivity index (χ0) is 11.4. The van der Waals surface area contributed by atoms with Crippen molar-refractivity contribution in [2.24, 2.45) is 5.41 Å². The SMILES string of the molecule is CCO[Si](C)(CC1(CC)COC1)OCC. The van der Waals surface area contributed by atoms with E-state index in [9.17, 15) is 0 Å². The summed E-state index contributed by atoms with van der Waals surface area (Å²) in [5, 5.41) is 0. The first-order valence-corrected chi connectivity index (χ1v) is 8.48. The highest BCUT2D eigenvalue weighted by molar-refractivity contribution is 6.66. The summed E-state index contributed by atoms with van der Waals surface area (Å²) >= 11 is 0. The largest absolute Gasteiger partial charge is 0.395 e. The van der Waals surface area contributed by atoms with Gasteiger partial charge >= 0.3 is 8.56 Å². The molecule has 0 bridgehead atoms. The molecule has 0 atom stereocenters. The zero-order valence-electron chi connectivity index (χ0n) is 10.5. The molecule has 0 N–H and O–H groups in total. The number of rotatable bonds is 7. The molecule has 1 saturated heterocycles. The molecule has 0 aromatic rings. The maximum Gasteiger partial charge on any atom is 0.335 e. The van der Waals surface area contributed by atoms with E-state index in [2.05, 4.69) is 13.5 Å². The van der Waals surface area contributed by atoms with Gasteiger partial charge in [-0.25, -0.2) is 0 Å². The van der Waals surface area contributed by atoms with Crippen LogP contribution in [-0.4, -0.2) is 35.0 Å². The second-order valence-electron chi connectivity index (χ2n) is 4.52. The van der Waals surface area contributed by atoms with Gasteiger partial charge in [-0.15, -0.1) is 0 Å². The quantitative estimate of drug-likeness (QED) is 0.631. The molecule has 0 amide bonds. The van der Waals surface area contributed by atoms with Gasteiger partial charge in [-0.1, -0.05) is 6.92 Å². The van der Waals surface area contributed by atoms with Crippen LogP contribution in [0.4, 0.5) is 0 Å². The first-order chi connectivity index (χ1) is 7.10. The highest BCUT2D eigenvalue weighted by Gasteiger charge is 2.46. The summed E-state index contributed by atoms with van der Waals surface area (Å²) < 4.78 is 17.1. The molecule has 1 fully saturated rings. The molecule has 1 aliphatic heterocycles. The summed E-state index contributed by atoms with van der Waals surface area (Å²) in [5.74, 6) is 0. The fourth-order valence-corrected chi connectivity index (χ4v) is 5.58. The predicted molar refractivity (Wildman–Crippen MR) is 63.2 cm³/mol. The van der Waals surface area contributed by atoms with Crippen molar-refractivity contribution in [2.75, 3.05) is 26.4 Å². The Labute approximate surface area is 94.4 Å². The Morgan fingerprint density at radius 2 is 1.67 bits per heavy atom. The van der Waals surface area contributed by atoms with Gasteiger partial charge in [-0.3, -0.25) is 0 Å². The molecule has 1 aliphatic rings. The van der Waals surface area contributed by atoms with Gasteiger partial charge in [0.2, 0.25) is 0 Å². The Bertz CT molecular complexity index is 181. The normalized spacial score (nSPS) is 20.0. The van der Waals surface area contributed by atoms with Crippen molar-refractivity contribution in [3.05, 3.63) is 0 Å². The minimum atomic E-state index is -1.96. The molecule has 1 rings (SSSR count).